The lowest BCUT2D eigenvalue weighted by atomic mass is 10.2. The molecule has 0 aliphatic heterocycles. The molecule has 0 spiro atoms. The largest absolute Gasteiger partial charge is 0.380 e. The Morgan fingerprint density at radius 3 is 2.62 bits per heavy atom. The van der Waals surface area contributed by atoms with E-state index in [0.29, 0.717) is 13.1 Å². The second-order valence-corrected chi connectivity index (χ2v) is 5.55. The molecule has 0 aromatic heterocycles. The first-order chi connectivity index (χ1) is 7.51. The third-order valence-electron chi connectivity index (χ3n) is 2.45. The van der Waals surface area contributed by atoms with Gasteiger partial charge in [-0.3, -0.25) is 9.00 Å². The van der Waals surface area contributed by atoms with E-state index in [2.05, 4.69) is 5.32 Å². The number of carbonyl (C=O) groups is 1. The maximum Gasteiger partial charge on any atom is 0.222 e. The summed E-state index contributed by atoms with van der Waals surface area (Å²) in [7, 11) is 0.700. The van der Waals surface area contributed by atoms with Crippen LogP contribution in [0.1, 0.15) is 19.8 Å². The highest BCUT2D eigenvalue weighted by molar-refractivity contribution is 7.84. The van der Waals surface area contributed by atoms with Gasteiger partial charge in [-0.1, -0.05) is 6.92 Å². The zero-order chi connectivity index (χ0) is 12.6. The van der Waals surface area contributed by atoms with Crippen molar-refractivity contribution in [1.82, 2.24) is 5.32 Å². The molecule has 3 N–H and O–H groups in total. The number of ether oxygens (including phenoxy) is 1. The highest BCUT2D eigenvalue weighted by Gasteiger charge is 2.11. The minimum atomic E-state index is -0.835. The van der Waals surface area contributed by atoms with E-state index in [9.17, 15) is 9.00 Å². The van der Waals surface area contributed by atoms with Gasteiger partial charge in [-0.25, -0.2) is 0 Å². The molecule has 0 rings (SSSR count). The molecule has 5 nitrogen and oxygen atoms in total. The Bertz CT molecular complexity index is 232. The van der Waals surface area contributed by atoms with Crippen LogP contribution in [0.5, 0.6) is 0 Å². The second-order valence-electron chi connectivity index (χ2n) is 3.75. The highest BCUT2D eigenvalue weighted by Crippen LogP contribution is 1.98. The highest BCUT2D eigenvalue weighted by atomic mass is 32.2. The molecule has 16 heavy (non-hydrogen) atoms. The van der Waals surface area contributed by atoms with Crippen LogP contribution in [0, 0.1) is 0 Å². The van der Waals surface area contributed by atoms with E-state index in [-0.39, 0.29) is 23.7 Å². The topological polar surface area (TPSA) is 81.4 Å². The molecule has 0 aliphatic rings. The van der Waals surface area contributed by atoms with Crippen LogP contribution in [0.25, 0.3) is 0 Å². The van der Waals surface area contributed by atoms with E-state index < -0.39 is 10.8 Å². The normalized spacial score (nSPS) is 16.5. The third kappa shape index (κ3) is 6.92. The molecule has 96 valence electrons. The van der Waals surface area contributed by atoms with Crippen LogP contribution < -0.4 is 11.1 Å². The van der Waals surface area contributed by atoms with Crippen LogP contribution in [0.3, 0.4) is 0 Å². The average molecular weight is 250 g/mol. The molecule has 0 aliphatic carbocycles. The van der Waals surface area contributed by atoms with E-state index in [4.69, 9.17) is 10.5 Å². The number of nitrogens with two attached hydrogens (primary N) is 1. The smallest absolute Gasteiger partial charge is 0.222 e. The number of hydrogen-bond donors (Lipinski definition) is 2. The Labute approximate surface area is 99.6 Å². The first-order valence-corrected chi connectivity index (χ1v) is 6.95. The van der Waals surface area contributed by atoms with Crippen LogP contribution in [0.15, 0.2) is 0 Å². The summed E-state index contributed by atoms with van der Waals surface area (Å²) in [5, 5.41) is 2.86. The summed E-state index contributed by atoms with van der Waals surface area (Å²) >= 11 is 0. The number of carbonyl (C=O) groups excluding carboxylic acids is 1. The van der Waals surface area contributed by atoms with Crippen molar-refractivity contribution in [2.24, 2.45) is 5.73 Å². The Kier molecular flexibility index (Phi) is 8.42. The number of nitrogens with one attached hydrogen (secondary N) is 1. The van der Waals surface area contributed by atoms with Gasteiger partial charge in [-0.15, -0.1) is 0 Å². The van der Waals surface area contributed by atoms with Gasteiger partial charge in [0.2, 0.25) is 5.91 Å². The Morgan fingerprint density at radius 1 is 1.56 bits per heavy atom. The molecule has 1 amide bonds. The van der Waals surface area contributed by atoms with E-state index in [1.165, 1.54) is 7.11 Å². The zero-order valence-corrected chi connectivity index (χ0v) is 11.0. The van der Waals surface area contributed by atoms with Crippen molar-refractivity contribution in [1.29, 1.82) is 0 Å². The summed E-state index contributed by atoms with van der Waals surface area (Å²) in [5.74, 6) is -0.0774. The van der Waals surface area contributed by atoms with Crippen LogP contribution in [-0.2, 0) is 20.3 Å². The van der Waals surface area contributed by atoms with Crippen LogP contribution in [0.2, 0.25) is 0 Å². The summed E-state index contributed by atoms with van der Waals surface area (Å²) in [4.78, 5) is 11.4. The fourth-order valence-electron chi connectivity index (χ4n) is 1.12. The summed E-state index contributed by atoms with van der Waals surface area (Å²) < 4.78 is 16.1. The van der Waals surface area contributed by atoms with Crippen LogP contribution in [0.4, 0.5) is 0 Å². The van der Waals surface area contributed by atoms with Gasteiger partial charge in [0.15, 0.2) is 0 Å². The van der Waals surface area contributed by atoms with E-state index in [1.807, 2.05) is 6.92 Å². The molecule has 0 saturated heterocycles. The van der Waals surface area contributed by atoms with Gasteiger partial charge in [-0.2, -0.15) is 0 Å². The van der Waals surface area contributed by atoms with Gasteiger partial charge in [0.1, 0.15) is 0 Å². The first-order valence-electron chi connectivity index (χ1n) is 5.33. The van der Waals surface area contributed by atoms with Crippen molar-refractivity contribution in [3.8, 4) is 0 Å². The van der Waals surface area contributed by atoms with Crippen molar-refractivity contribution >= 4 is 16.7 Å². The van der Waals surface area contributed by atoms with Gasteiger partial charge in [0.25, 0.3) is 0 Å². The molecule has 0 fully saturated rings. The van der Waals surface area contributed by atoms with Crippen molar-refractivity contribution in [3.05, 3.63) is 0 Å². The quantitative estimate of drug-likeness (QED) is 0.615. The summed E-state index contributed by atoms with van der Waals surface area (Å²) in [6.45, 7) is 2.78. The Hall–Kier alpha value is -0.460. The molecule has 0 heterocycles. The molecular formula is C10H22N2O3S. The van der Waals surface area contributed by atoms with E-state index in [1.54, 1.807) is 6.26 Å². The number of hydrogen-bond acceptors (Lipinski definition) is 4. The molecule has 0 aromatic rings. The molecule has 0 bridgehead atoms. The van der Waals surface area contributed by atoms with Crippen molar-refractivity contribution in [2.75, 3.05) is 26.5 Å². The number of methoxy groups -OCH3 is 1. The zero-order valence-electron chi connectivity index (χ0n) is 10.2. The summed E-state index contributed by atoms with van der Waals surface area (Å²) in [6.07, 6.45) is 2.44. The standard InChI is InChI=1S/C10H22N2O3S/c1-8(16(3)14)4-5-12-10(13)6-9(7-11)15-2/h8-9H,4-7,11H2,1-3H3,(H,12,13). The minimum Gasteiger partial charge on any atom is -0.380 e. The molecule has 3 atom stereocenters. The molecule has 0 saturated carbocycles. The van der Waals surface area contributed by atoms with Gasteiger partial charge in [-0.05, 0) is 6.42 Å². The summed E-state index contributed by atoms with van der Waals surface area (Å²) in [6, 6.07) is 0. The van der Waals surface area contributed by atoms with Crippen molar-refractivity contribution in [2.45, 2.75) is 31.1 Å². The molecule has 6 heteroatoms. The lowest BCUT2D eigenvalue weighted by molar-refractivity contribution is -0.123. The molecule has 0 aromatic carbocycles. The van der Waals surface area contributed by atoms with E-state index in [0.717, 1.165) is 6.42 Å². The predicted octanol–water partition coefficient (Wildman–Crippen LogP) is -0.376. The van der Waals surface area contributed by atoms with Gasteiger partial charge in [0.05, 0.1) is 12.5 Å². The average Bonchev–Trinajstić information content (AvgIpc) is 2.25. The predicted molar refractivity (Wildman–Crippen MR) is 65.6 cm³/mol. The number of rotatable bonds is 8. The maximum atomic E-state index is 11.4. The lowest BCUT2D eigenvalue weighted by Crippen LogP contribution is -2.33. The second kappa shape index (κ2) is 8.66. The Balaban J connectivity index is 3.69. The molecule has 0 radical (unpaired) electrons. The Morgan fingerprint density at radius 2 is 2.19 bits per heavy atom. The molecule has 3 unspecified atom stereocenters. The van der Waals surface area contributed by atoms with Gasteiger partial charge < -0.3 is 15.8 Å². The SMILES string of the molecule is COC(CN)CC(=O)NCCC(C)S(C)=O. The number of amides is 1. The minimum absolute atomic E-state index is 0.0774. The van der Waals surface area contributed by atoms with Crippen molar-refractivity contribution < 1.29 is 13.7 Å². The lowest BCUT2D eigenvalue weighted by Gasteiger charge is -2.13. The first kappa shape index (κ1) is 15.5. The van der Waals surface area contributed by atoms with E-state index >= 15 is 0 Å². The van der Waals surface area contributed by atoms with Gasteiger partial charge in [0, 0.05) is 42.5 Å². The summed E-state index contributed by atoms with van der Waals surface area (Å²) in [5.41, 5.74) is 5.40. The van der Waals surface area contributed by atoms with Crippen molar-refractivity contribution in [3.63, 3.8) is 0 Å². The monoisotopic (exact) mass is 250 g/mol. The fourth-order valence-corrected chi connectivity index (χ4v) is 1.57. The van der Waals surface area contributed by atoms with Gasteiger partial charge >= 0.3 is 0 Å². The van der Waals surface area contributed by atoms with Crippen LogP contribution in [-0.4, -0.2) is 47.9 Å². The van der Waals surface area contributed by atoms with Crippen LogP contribution >= 0.6 is 0 Å². The maximum absolute atomic E-state index is 11.4. The third-order valence-corrected chi connectivity index (χ3v) is 3.82. The fraction of sp³-hybridized carbons (Fsp3) is 0.900. The molecular weight excluding hydrogens is 228 g/mol.